The lowest BCUT2D eigenvalue weighted by atomic mass is 10.0. The highest BCUT2D eigenvalue weighted by Gasteiger charge is 2.34. The largest absolute Gasteiger partial charge is 0.462 e. The van der Waals surface area contributed by atoms with E-state index in [2.05, 4.69) is 78.6 Å². The summed E-state index contributed by atoms with van der Waals surface area (Å²) in [5.74, 6) is 0.920. The van der Waals surface area contributed by atoms with Crippen LogP contribution >= 0.6 is 0 Å². The zero-order chi connectivity index (χ0) is 27.1. The Bertz CT molecular complexity index is 1400. The third kappa shape index (κ3) is 4.82. The van der Waals surface area contributed by atoms with Crippen LogP contribution in [0.5, 0.6) is 6.01 Å². The standard InChI is InChI=1S/C31H38N6O2/c1-5-28(38)35-15-16-37(22(3)17-35)30-25-18-36(27-13-7-11-23-10-6-9-21(2)29(23)27)19-26(25)32-31(33-30)39-20-24-12-8-14-34(24)4/h5-7,9-11,13,22,24H,1,8,12,14-20H2,2-4H3. The zero-order valence-corrected chi connectivity index (χ0v) is 23.3. The van der Waals surface area contributed by atoms with Gasteiger partial charge in [0.05, 0.1) is 12.2 Å². The minimum Gasteiger partial charge on any atom is -0.462 e. The van der Waals surface area contributed by atoms with Gasteiger partial charge in [-0.25, -0.2) is 0 Å². The van der Waals surface area contributed by atoms with Crippen molar-refractivity contribution in [3.05, 3.63) is 65.9 Å². The van der Waals surface area contributed by atoms with Crippen LogP contribution in [-0.4, -0.2) is 77.6 Å². The number of amides is 1. The Morgan fingerprint density at radius 1 is 1.13 bits per heavy atom. The topological polar surface area (TPSA) is 65.0 Å². The van der Waals surface area contributed by atoms with E-state index in [1.165, 1.54) is 34.5 Å². The van der Waals surface area contributed by atoms with Crippen LogP contribution in [0.15, 0.2) is 49.1 Å². The number of fused-ring (bicyclic) bond motifs is 2. The molecular weight excluding hydrogens is 488 g/mol. The van der Waals surface area contributed by atoms with Gasteiger partial charge in [-0.3, -0.25) is 4.79 Å². The molecule has 3 aliphatic heterocycles. The van der Waals surface area contributed by atoms with Gasteiger partial charge in [0.2, 0.25) is 5.91 Å². The molecule has 0 aliphatic carbocycles. The fraction of sp³-hybridized carbons (Fsp3) is 0.452. The Balaban J connectivity index is 1.34. The zero-order valence-electron chi connectivity index (χ0n) is 23.3. The molecule has 2 aromatic carbocycles. The van der Waals surface area contributed by atoms with Gasteiger partial charge in [-0.05, 0) is 63.4 Å². The van der Waals surface area contributed by atoms with Gasteiger partial charge in [0.15, 0.2) is 0 Å². The summed E-state index contributed by atoms with van der Waals surface area (Å²) in [5, 5.41) is 2.53. The highest BCUT2D eigenvalue weighted by atomic mass is 16.5. The Hall–Kier alpha value is -3.65. The molecule has 0 radical (unpaired) electrons. The lowest BCUT2D eigenvalue weighted by Crippen LogP contribution is -2.54. The third-order valence-electron chi connectivity index (χ3n) is 8.63. The van der Waals surface area contributed by atoms with Crippen molar-refractivity contribution < 1.29 is 9.53 Å². The molecule has 2 unspecified atom stereocenters. The fourth-order valence-corrected chi connectivity index (χ4v) is 6.42. The molecule has 3 aliphatic rings. The highest BCUT2D eigenvalue weighted by Crippen LogP contribution is 2.38. The Morgan fingerprint density at radius 3 is 2.69 bits per heavy atom. The minimum atomic E-state index is -0.0170. The average molecular weight is 527 g/mol. The summed E-state index contributed by atoms with van der Waals surface area (Å²) in [6, 6.07) is 14.0. The summed E-state index contributed by atoms with van der Waals surface area (Å²) in [7, 11) is 2.16. The number of hydrogen-bond donors (Lipinski definition) is 0. The molecule has 0 spiro atoms. The van der Waals surface area contributed by atoms with Crippen molar-refractivity contribution in [1.29, 1.82) is 0 Å². The van der Waals surface area contributed by atoms with Crippen LogP contribution in [0.2, 0.25) is 0 Å². The quantitative estimate of drug-likeness (QED) is 0.447. The maximum atomic E-state index is 12.3. The van der Waals surface area contributed by atoms with E-state index in [-0.39, 0.29) is 11.9 Å². The average Bonchev–Trinajstić information content (AvgIpc) is 3.56. The Kier molecular flexibility index (Phi) is 6.89. The minimum absolute atomic E-state index is 0.0170. The molecule has 8 nitrogen and oxygen atoms in total. The number of rotatable bonds is 6. The van der Waals surface area contributed by atoms with Crippen LogP contribution < -0.4 is 14.5 Å². The van der Waals surface area contributed by atoms with E-state index in [0.717, 1.165) is 36.6 Å². The SMILES string of the molecule is C=CC(=O)N1CCN(c2nc(OCC3CCCN3C)nc3c2CN(c2cccc4cccc(C)c24)C3)C(C)C1. The van der Waals surface area contributed by atoms with Crippen LogP contribution in [0.25, 0.3) is 10.8 Å². The molecule has 2 atom stereocenters. The lowest BCUT2D eigenvalue weighted by molar-refractivity contribution is -0.126. The second-order valence-electron chi connectivity index (χ2n) is 11.2. The number of likely N-dealkylation sites (tertiary alicyclic amines) is 1. The molecule has 3 aromatic rings. The molecule has 39 heavy (non-hydrogen) atoms. The number of carbonyl (C=O) groups is 1. The van der Waals surface area contributed by atoms with Crippen molar-refractivity contribution in [2.24, 2.45) is 0 Å². The van der Waals surface area contributed by atoms with Crippen molar-refractivity contribution >= 4 is 28.2 Å². The van der Waals surface area contributed by atoms with Gasteiger partial charge in [-0.2, -0.15) is 9.97 Å². The molecule has 1 aromatic heterocycles. The molecule has 8 heteroatoms. The maximum absolute atomic E-state index is 12.3. The van der Waals surface area contributed by atoms with Gasteiger partial charge in [0, 0.05) is 54.9 Å². The van der Waals surface area contributed by atoms with Crippen LogP contribution in [0.1, 0.15) is 36.6 Å². The van der Waals surface area contributed by atoms with Gasteiger partial charge in [0.1, 0.15) is 12.4 Å². The first-order valence-corrected chi connectivity index (χ1v) is 14.1. The van der Waals surface area contributed by atoms with Crippen molar-refractivity contribution in [2.45, 2.75) is 51.9 Å². The molecule has 0 bridgehead atoms. The highest BCUT2D eigenvalue weighted by molar-refractivity contribution is 5.97. The number of hydrogen-bond acceptors (Lipinski definition) is 7. The number of piperazine rings is 1. The first kappa shape index (κ1) is 25.6. The Labute approximate surface area is 230 Å². The number of aromatic nitrogens is 2. The first-order valence-electron chi connectivity index (χ1n) is 14.1. The molecule has 2 fully saturated rings. The number of carbonyl (C=O) groups excluding carboxylic acids is 1. The number of anilines is 2. The number of benzene rings is 2. The van der Waals surface area contributed by atoms with E-state index in [9.17, 15) is 4.79 Å². The molecule has 4 heterocycles. The van der Waals surface area contributed by atoms with Crippen LogP contribution in [0.4, 0.5) is 11.5 Å². The third-order valence-corrected chi connectivity index (χ3v) is 8.63. The second-order valence-corrected chi connectivity index (χ2v) is 11.2. The normalized spacial score (nSPS) is 21.5. The van der Waals surface area contributed by atoms with Crippen LogP contribution in [0, 0.1) is 6.92 Å². The molecular formula is C31H38N6O2. The predicted octanol–water partition coefficient (Wildman–Crippen LogP) is 4.15. The summed E-state index contributed by atoms with van der Waals surface area (Å²) in [5.41, 5.74) is 4.67. The van der Waals surface area contributed by atoms with Crippen LogP contribution in [-0.2, 0) is 17.9 Å². The smallest absolute Gasteiger partial charge is 0.318 e. The monoisotopic (exact) mass is 526 g/mol. The van der Waals surface area contributed by atoms with E-state index in [1.54, 1.807) is 0 Å². The van der Waals surface area contributed by atoms with E-state index in [0.29, 0.717) is 44.8 Å². The van der Waals surface area contributed by atoms with Gasteiger partial charge in [-0.15, -0.1) is 0 Å². The van der Waals surface area contributed by atoms with Gasteiger partial charge in [0.25, 0.3) is 0 Å². The lowest BCUT2D eigenvalue weighted by Gasteiger charge is -2.40. The summed E-state index contributed by atoms with van der Waals surface area (Å²) in [4.78, 5) is 31.3. The number of nitrogens with zero attached hydrogens (tertiary/aromatic N) is 6. The molecule has 6 rings (SSSR count). The van der Waals surface area contributed by atoms with Crippen molar-refractivity contribution in [3.8, 4) is 6.01 Å². The molecule has 204 valence electrons. The first-order chi connectivity index (χ1) is 18.9. The summed E-state index contributed by atoms with van der Waals surface area (Å²) >= 11 is 0. The van der Waals surface area contributed by atoms with Crippen molar-refractivity contribution in [3.63, 3.8) is 0 Å². The van der Waals surface area contributed by atoms with Gasteiger partial charge < -0.3 is 24.3 Å². The number of ether oxygens (including phenoxy) is 1. The van der Waals surface area contributed by atoms with E-state index < -0.39 is 0 Å². The van der Waals surface area contributed by atoms with Crippen molar-refractivity contribution in [2.75, 3.05) is 49.6 Å². The summed E-state index contributed by atoms with van der Waals surface area (Å²) in [6.07, 6.45) is 3.74. The molecule has 1 amide bonds. The molecule has 0 N–H and O–H groups in total. The summed E-state index contributed by atoms with van der Waals surface area (Å²) in [6.45, 7) is 13.1. The second kappa shape index (κ2) is 10.5. The summed E-state index contributed by atoms with van der Waals surface area (Å²) < 4.78 is 6.27. The van der Waals surface area contributed by atoms with E-state index in [4.69, 9.17) is 14.7 Å². The van der Waals surface area contributed by atoms with E-state index >= 15 is 0 Å². The van der Waals surface area contributed by atoms with E-state index in [1.807, 2.05) is 4.90 Å². The van der Waals surface area contributed by atoms with Gasteiger partial charge in [-0.1, -0.05) is 36.9 Å². The predicted molar refractivity (Wildman–Crippen MR) is 155 cm³/mol. The van der Waals surface area contributed by atoms with Crippen molar-refractivity contribution in [1.82, 2.24) is 19.8 Å². The fourth-order valence-electron chi connectivity index (χ4n) is 6.42. The molecule has 0 saturated carbocycles. The Morgan fingerprint density at radius 2 is 1.95 bits per heavy atom. The van der Waals surface area contributed by atoms with Gasteiger partial charge >= 0.3 is 6.01 Å². The van der Waals surface area contributed by atoms with Crippen LogP contribution in [0.3, 0.4) is 0 Å². The number of likely N-dealkylation sites (N-methyl/N-ethyl adjacent to an activating group) is 1. The maximum Gasteiger partial charge on any atom is 0.318 e. The number of aryl methyl sites for hydroxylation is 1. The molecule has 2 saturated heterocycles.